The third kappa shape index (κ3) is 2.53. The molecule has 3 aromatic rings. The predicted molar refractivity (Wildman–Crippen MR) is 129 cm³/mol. The summed E-state index contributed by atoms with van der Waals surface area (Å²) in [5.41, 5.74) is 8.52. The maximum atomic E-state index is 8.17. The van der Waals surface area contributed by atoms with Crippen molar-refractivity contribution in [1.82, 2.24) is 0 Å². The van der Waals surface area contributed by atoms with Crippen molar-refractivity contribution >= 4 is 34.1 Å². The van der Waals surface area contributed by atoms with Crippen molar-refractivity contribution in [2.75, 3.05) is 33.6 Å². The molecule has 4 heteroatoms. The lowest BCUT2D eigenvalue weighted by Gasteiger charge is -2.33. The number of anilines is 6. The van der Waals surface area contributed by atoms with E-state index < -0.39 is 6.98 Å². The van der Waals surface area contributed by atoms with E-state index in [0.717, 1.165) is 33.9 Å². The third-order valence-electron chi connectivity index (χ3n) is 6.62. The Hall–Kier alpha value is -3.14. The average molecular weight is 402 g/mol. The van der Waals surface area contributed by atoms with Gasteiger partial charge in [0.1, 0.15) is 12.3 Å². The minimum Gasteiger partial charge on any atom is -0.353 e. The maximum absolute atomic E-state index is 8.17. The molecule has 0 saturated carbocycles. The summed E-state index contributed by atoms with van der Waals surface area (Å²) >= 11 is 0. The first-order chi connectivity index (χ1) is 15.6. The van der Waals surface area contributed by atoms with Crippen LogP contribution in [-0.4, -0.2) is 26.4 Å². The van der Waals surface area contributed by atoms with Crippen molar-refractivity contribution < 1.29 is 4.11 Å². The fourth-order valence-corrected chi connectivity index (χ4v) is 4.91. The normalized spacial score (nSPS) is 22.0. The van der Waals surface area contributed by atoms with Crippen molar-refractivity contribution in [3.8, 4) is 0 Å². The molecule has 0 saturated heterocycles. The lowest BCUT2D eigenvalue weighted by Crippen LogP contribution is -2.37. The highest BCUT2D eigenvalue weighted by Gasteiger charge is 2.35. The molecular weight excluding hydrogens is 368 g/mol. The maximum Gasteiger partial charge on any atom is 0.103 e. The van der Waals surface area contributed by atoms with E-state index >= 15 is 0 Å². The molecule has 2 heterocycles. The highest BCUT2D eigenvalue weighted by atomic mass is 15.4. The predicted octanol–water partition coefficient (Wildman–Crippen LogP) is 6.17. The van der Waals surface area contributed by atoms with Crippen LogP contribution in [0.5, 0.6) is 0 Å². The van der Waals surface area contributed by atoms with Crippen LogP contribution in [0.25, 0.3) is 0 Å². The lowest BCUT2D eigenvalue weighted by atomic mass is 10.0. The molecule has 0 spiro atoms. The molecule has 5 rings (SSSR count). The van der Waals surface area contributed by atoms with E-state index in [1.54, 1.807) is 4.90 Å². The fourth-order valence-electron chi connectivity index (χ4n) is 4.91. The molecule has 2 aliphatic heterocycles. The second-order valence-electron chi connectivity index (χ2n) is 8.39. The third-order valence-corrected chi connectivity index (χ3v) is 6.62. The Morgan fingerprint density at radius 2 is 1.10 bits per heavy atom. The van der Waals surface area contributed by atoms with Gasteiger partial charge >= 0.3 is 0 Å². The highest BCUT2D eigenvalue weighted by molar-refractivity contribution is 5.89. The molecule has 3 aromatic carbocycles. The first-order valence-corrected chi connectivity index (χ1v) is 10.5. The first-order valence-electron chi connectivity index (χ1n) is 12.0. The van der Waals surface area contributed by atoms with Crippen LogP contribution in [0.3, 0.4) is 0 Å². The van der Waals surface area contributed by atoms with E-state index in [0.29, 0.717) is 0 Å². The number of nitrogens with zero attached hydrogens (tertiary/aromatic N) is 4. The highest BCUT2D eigenvalue weighted by Crippen LogP contribution is 2.49. The van der Waals surface area contributed by atoms with Gasteiger partial charge in [-0.1, -0.05) is 24.3 Å². The molecule has 0 bridgehead atoms. The monoisotopic (exact) mass is 401 g/mol. The molecule has 0 N–H and O–H groups in total. The number of fused-ring (bicyclic) bond motifs is 2. The average Bonchev–Trinajstić information content (AvgIpc) is 3.20. The minimum atomic E-state index is -2.23. The van der Waals surface area contributed by atoms with Crippen molar-refractivity contribution in [1.29, 1.82) is 0 Å². The Bertz CT molecular complexity index is 1220. The zero-order chi connectivity index (χ0) is 23.7. The van der Waals surface area contributed by atoms with Gasteiger partial charge in [0.25, 0.3) is 0 Å². The van der Waals surface area contributed by atoms with E-state index in [4.69, 9.17) is 4.11 Å². The van der Waals surface area contributed by atoms with Crippen LogP contribution >= 0.6 is 0 Å². The molecule has 2 atom stereocenters. The van der Waals surface area contributed by atoms with Gasteiger partial charge in [-0.15, -0.1) is 0 Å². The van der Waals surface area contributed by atoms with Crippen molar-refractivity contribution in [2.24, 2.45) is 0 Å². The van der Waals surface area contributed by atoms with Crippen LogP contribution in [0.4, 0.5) is 34.1 Å². The Labute approximate surface area is 184 Å². The van der Waals surface area contributed by atoms with E-state index in [-0.39, 0.29) is 12.3 Å². The summed E-state index contributed by atoms with van der Waals surface area (Å²) in [5, 5.41) is 0. The number of benzene rings is 3. The van der Waals surface area contributed by atoms with Gasteiger partial charge in [-0.25, -0.2) is 0 Å². The number of aryl methyl sites for hydroxylation is 1. The molecule has 0 aliphatic carbocycles. The zero-order valence-corrected chi connectivity index (χ0v) is 18.2. The molecule has 30 heavy (non-hydrogen) atoms. The van der Waals surface area contributed by atoms with Gasteiger partial charge in [0.05, 0.1) is 22.7 Å². The van der Waals surface area contributed by atoms with Crippen LogP contribution in [0, 0.1) is 13.8 Å². The van der Waals surface area contributed by atoms with E-state index in [1.807, 2.05) is 31.2 Å². The molecule has 0 fully saturated rings. The van der Waals surface area contributed by atoms with Gasteiger partial charge in [-0.2, -0.15) is 0 Å². The summed E-state index contributed by atoms with van der Waals surface area (Å²) < 4.78 is 24.5. The van der Waals surface area contributed by atoms with E-state index in [2.05, 4.69) is 78.9 Å². The van der Waals surface area contributed by atoms with E-state index in [1.165, 1.54) is 11.4 Å². The summed E-state index contributed by atoms with van der Waals surface area (Å²) in [4.78, 5) is 8.39. The molecule has 0 unspecified atom stereocenters. The van der Waals surface area contributed by atoms with Crippen LogP contribution in [0.1, 0.15) is 29.1 Å². The van der Waals surface area contributed by atoms with Gasteiger partial charge in [-0.05, 0) is 75.2 Å². The molecule has 4 nitrogen and oxygen atoms in total. The van der Waals surface area contributed by atoms with Crippen molar-refractivity contribution in [3.05, 3.63) is 71.8 Å². The Morgan fingerprint density at radius 3 is 1.60 bits per heavy atom. The van der Waals surface area contributed by atoms with Gasteiger partial charge in [0.15, 0.2) is 0 Å². The van der Waals surface area contributed by atoms with Crippen LogP contribution in [-0.2, 0) is 0 Å². The Morgan fingerprint density at radius 1 is 0.667 bits per heavy atom. The Balaban J connectivity index is 1.68. The largest absolute Gasteiger partial charge is 0.353 e. The summed E-state index contributed by atoms with van der Waals surface area (Å²) in [6.07, 6.45) is -0.174. The van der Waals surface area contributed by atoms with Gasteiger partial charge in [0, 0.05) is 29.5 Å². The standard InChI is InChI=1S/C26H30N4/c1-17-15-25(29-19(3)27(5)21-11-7-9-13-23(21)29)18(2)26(16-17)30-20(4)28(6)22-12-8-10-14-24(22)30/h7-16,19-20H,1-6H3/t19-,20+/i5D3/m0/s1. The van der Waals surface area contributed by atoms with Crippen molar-refractivity contribution in [2.45, 2.75) is 40.0 Å². The molecule has 2 aliphatic rings. The van der Waals surface area contributed by atoms with E-state index in [9.17, 15) is 0 Å². The van der Waals surface area contributed by atoms with Crippen molar-refractivity contribution in [3.63, 3.8) is 0 Å². The summed E-state index contributed by atoms with van der Waals surface area (Å²) in [5.74, 6) is 0. The fraction of sp³-hybridized carbons (Fsp3) is 0.308. The van der Waals surface area contributed by atoms with Gasteiger partial charge < -0.3 is 19.6 Å². The van der Waals surface area contributed by atoms with Gasteiger partial charge in [0.2, 0.25) is 0 Å². The zero-order valence-electron chi connectivity index (χ0n) is 21.2. The first kappa shape index (κ1) is 15.7. The molecule has 0 amide bonds. The number of para-hydroxylation sites is 4. The molecule has 0 radical (unpaired) electrons. The number of hydrogen-bond acceptors (Lipinski definition) is 4. The van der Waals surface area contributed by atoms with Crippen LogP contribution < -0.4 is 19.6 Å². The SMILES string of the molecule is [2H]C([2H])([2H])N1c2ccccc2N(c2cc(C)cc(N3c4ccccc4N(C)[C@H]3C)c2C)[C@H]1C. The minimum absolute atomic E-state index is 0.165. The second kappa shape index (κ2) is 6.69. The quantitative estimate of drug-likeness (QED) is 0.509. The lowest BCUT2D eigenvalue weighted by molar-refractivity contribution is 0.724. The van der Waals surface area contributed by atoms with Crippen LogP contribution in [0.15, 0.2) is 60.7 Å². The smallest absolute Gasteiger partial charge is 0.103 e. The molecule has 154 valence electrons. The van der Waals surface area contributed by atoms with Crippen LogP contribution in [0.2, 0.25) is 0 Å². The Kier molecular flexibility index (Phi) is 3.50. The summed E-state index contributed by atoms with van der Waals surface area (Å²) in [7, 11) is 2.13. The topological polar surface area (TPSA) is 13.0 Å². The second-order valence-corrected chi connectivity index (χ2v) is 8.39. The molecular formula is C26H30N4. The van der Waals surface area contributed by atoms with Gasteiger partial charge in [-0.3, -0.25) is 0 Å². The number of rotatable bonds is 2. The number of hydrogen-bond donors (Lipinski definition) is 0. The molecule has 0 aromatic heterocycles. The summed E-state index contributed by atoms with van der Waals surface area (Å²) in [6.45, 7) is 6.21. The summed E-state index contributed by atoms with van der Waals surface area (Å²) in [6, 6.07) is 20.7.